The summed E-state index contributed by atoms with van der Waals surface area (Å²) in [5, 5.41) is 3.58. The van der Waals surface area contributed by atoms with Crippen LogP contribution in [0.1, 0.15) is 6.42 Å². The maximum atomic E-state index is 11.8. The van der Waals surface area contributed by atoms with E-state index in [0.29, 0.717) is 6.42 Å². The van der Waals surface area contributed by atoms with E-state index in [1.54, 1.807) is 18.9 Å². The molecule has 21 heavy (non-hydrogen) atoms. The van der Waals surface area contributed by atoms with E-state index >= 15 is 0 Å². The number of benzene rings is 2. The highest BCUT2D eigenvalue weighted by Crippen LogP contribution is 2.21. The lowest BCUT2D eigenvalue weighted by Crippen LogP contribution is -2.12. The van der Waals surface area contributed by atoms with Gasteiger partial charge < -0.3 is 10.1 Å². The van der Waals surface area contributed by atoms with Crippen LogP contribution in [0.15, 0.2) is 53.4 Å². The summed E-state index contributed by atoms with van der Waals surface area (Å²) in [6, 6.07) is 14.9. The van der Waals surface area contributed by atoms with Crippen LogP contribution in [0.5, 0.6) is 5.75 Å². The minimum Gasteiger partial charge on any atom is -0.497 e. The molecule has 0 aliphatic heterocycles. The Morgan fingerprint density at radius 3 is 2.43 bits per heavy atom. The van der Waals surface area contributed by atoms with Gasteiger partial charge in [0.15, 0.2) is 0 Å². The third-order valence-electron chi connectivity index (χ3n) is 2.79. The van der Waals surface area contributed by atoms with Gasteiger partial charge in [-0.15, -0.1) is 11.8 Å². The van der Waals surface area contributed by atoms with Gasteiger partial charge in [-0.2, -0.15) is 0 Å². The number of thioether (sulfide) groups is 1. The number of anilines is 1. The number of halogens is 1. The lowest BCUT2D eigenvalue weighted by molar-refractivity contribution is -0.115. The zero-order chi connectivity index (χ0) is 15.1. The Morgan fingerprint density at radius 1 is 1.14 bits per heavy atom. The maximum absolute atomic E-state index is 11.8. The molecule has 0 spiro atoms. The molecule has 0 heterocycles. The Bertz CT molecular complexity index is 584. The third-order valence-corrected chi connectivity index (χ3v) is 4.05. The highest BCUT2D eigenvalue weighted by Gasteiger charge is 2.03. The molecule has 0 aliphatic rings. The molecule has 1 amide bonds. The van der Waals surface area contributed by atoms with Crippen LogP contribution in [0.2, 0.25) is 5.02 Å². The number of nitrogens with one attached hydrogen (secondary N) is 1. The average molecular weight is 322 g/mol. The lowest BCUT2D eigenvalue weighted by Gasteiger charge is -2.06. The predicted molar refractivity (Wildman–Crippen MR) is 88.4 cm³/mol. The zero-order valence-corrected chi connectivity index (χ0v) is 13.2. The fourth-order valence-corrected chi connectivity index (χ4v) is 2.67. The Morgan fingerprint density at radius 2 is 1.81 bits per heavy atom. The maximum Gasteiger partial charge on any atom is 0.225 e. The standard InChI is InChI=1S/C16H16ClNO2S/c1-20-14-6-4-13(5-7-14)18-16(19)10-11-21-15-8-2-12(17)3-9-15/h2-9H,10-11H2,1H3,(H,18,19). The van der Waals surface area contributed by atoms with E-state index in [2.05, 4.69) is 5.32 Å². The van der Waals surface area contributed by atoms with Gasteiger partial charge in [0, 0.05) is 27.8 Å². The number of carbonyl (C=O) groups is 1. The normalized spacial score (nSPS) is 10.2. The Hall–Kier alpha value is -1.65. The molecule has 5 heteroatoms. The molecule has 0 unspecified atom stereocenters. The monoisotopic (exact) mass is 321 g/mol. The van der Waals surface area contributed by atoms with Gasteiger partial charge in [-0.3, -0.25) is 4.79 Å². The molecule has 1 N–H and O–H groups in total. The van der Waals surface area contributed by atoms with Crippen molar-refractivity contribution in [3.8, 4) is 5.75 Å². The number of rotatable bonds is 6. The van der Waals surface area contributed by atoms with Crippen LogP contribution in [-0.4, -0.2) is 18.8 Å². The SMILES string of the molecule is COc1ccc(NC(=O)CCSc2ccc(Cl)cc2)cc1. The first-order valence-electron chi connectivity index (χ1n) is 6.49. The first kappa shape index (κ1) is 15.7. The summed E-state index contributed by atoms with van der Waals surface area (Å²) in [6.45, 7) is 0. The number of amides is 1. The highest BCUT2D eigenvalue weighted by atomic mass is 35.5. The molecule has 0 radical (unpaired) electrons. The van der Waals surface area contributed by atoms with Crippen LogP contribution in [0.25, 0.3) is 0 Å². The second-order valence-corrected chi connectivity index (χ2v) is 5.93. The molecule has 0 bridgehead atoms. The van der Waals surface area contributed by atoms with E-state index in [0.717, 1.165) is 27.1 Å². The third kappa shape index (κ3) is 5.33. The van der Waals surface area contributed by atoms with Crippen LogP contribution in [0.4, 0.5) is 5.69 Å². The molecule has 2 rings (SSSR count). The molecule has 0 saturated carbocycles. The van der Waals surface area contributed by atoms with Crippen molar-refractivity contribution in [1.82, 2.24) is 0 Å². The van der Waals surface area contributed by atoms with Crippen molar-refractivity contribution in [3.63, 3.8) is 0 Å². The summed E-state index contributed by atoms with van der Waals surface area (Å²) in [6.07, 6.45) is 0.458. The highest BCUT2D eigenvalue weighted by molar-refractivity contribution is 7.99. The van der Waals surface area contributed by atoms with Crippen LogP contribution in [-0.2, 0) is 4.79 Å². The van der Waals surface area contributed by atoms with Crippen molar-refractivity contribution in [1.29, 1.82) is 0 Å². The van der Waals surface area contributed by atoms with Crippen molar-refractivity contribution in [2.75, 3.05) is 18.2 Å². The Kier molecular flexibility index (Phi) is 5.96. The van der Waals surface area contributed by atoms with Crippen LogP contribution in [0, 0.1) is 0 Å². The Balaban J connectivity index is 1.75. The number of methoxy groups -OCH3 is 1. The summed E-state index contributed by atoms with van der Waals surface area (Å²) in [5.74, 6) is 1.50. The van der Waals surface area contributed by atoms with Gasteiger partial charge in [0.1, 0.15) is 5.75 Å². The molecule has 2 aromatic rings. The molecule has 0 saturated heterocycles. The summed E-state index contributed by atoms with van der Waals surface area (Å²) < 4.78 is 5.07. The first-order valence-corrected chi connectivity index (χ1v) is 7.86. The van der Waals surface area contributed by atoms with Crippen molar-refractivity contribution in [2.24, 2.45) is 0 Å². The van der Waals surface area contributed by atoms with E-state index in [1.165, 1.54) is 0 Å². The van der Waals surface area contributed by atoms with E-state index in [-0.39, 0.29) is 5.91 Å². The second-order valence-electron chi connectivity index (χ2n) is 4.33. The largest absolute Gasteiger partial charge is 0.497 e. The molecule has 3 nitrogen and oxygen atoms in total. The molecule has 0 atom stereocenters. The second kappa shape index (κ2) is 7.96. The molecule has 110 valence electrons. The van der Waals surface area contributed by atoms with Crippen molar-refractivity contribution in [2.45, 2.75) is 11.3 Å². The van der Waals surface area contributed by atoms with Crippen LogP contribution >= 0.6 is 23.4 Å². The fourth-order valence-electron chi connectivity index (χ4n) is 1.69. The van der Waals surface area contributed by atoms with E-state index in [1.807, 2.05) is 48.5 Å². The zero-order valence-electron chi connectivity index (χ0n) is 11.6. The first-order chi connectivity index (χ1) is 10.2. The van der Waals surface area contributed by atoms with Crippen molar-refractivity contribution >= 4 is 35.0 Å². The van der Waals surface area contributed by atoms with E-state index in [9.17, 15) is 4.79 Å². The van der Waals surface area contributed by atoms with Gasteiger partial charge in [-0.1, -0.05) is 11.6 Å². The minimum absolute atomic E-state index is 0.00151. The number of carbonyl (C=O) groups excluding carboxylic acids is 1. The lowest BCUT2D eigenvalue weighted by atomic mass is 10.3. The molecule has 0 fully saturated rings. The van der Waals surface area contributed by atoms with Crippen LogP contribution in [0.3, 0.4) is 0 Å². The summed E-state index contributed by atoms with van der Waals surface area (Å²) in [7, 11) is 1.61. The number of hydrogen-bond acceptors (Lipinski definition) is 3. The average Bonchev–Trinajstić information content (AvgIpc) is 2.50. The number of ether oxygens (including phenoxy) is 1. The van der Waals surface area contributed by atoms with Gasteiger partial charge in [0.05, 0.1) is 7.11 Å². The quantitative estimate of drug-likeness (QED) is 0.798. The molecule has 2 aromatic carbocycles. The van der Waals surface area contributed by atoms with Gasteiger partial charge in [0.2, 0.25) is 5.91 Å². The molecule has 0 aromatic heterocycles. The summed E-state index contributed by atoms with van der Waals surface area (Å²) >= 11 is 7.46. The van der Waals surface area contributed by atoms with Crippen molar-refractivity contribution in [3.05, 3.63) is 53.6 Å². The van der Waals surface area contributed by atoms with E-state index < -0.39 is 0 Å². The minimum atomic E-state index is 0.00151. The summed E-state index contributed by atoms with van der Waals surface area (Å²) in [5.41, 5.74) is 0.775. The summed E-state index contributed by atoms with van der Waals surface area (Å²) in [4.78, 5) is 12.9. The number of hydrogen-bond donors (Lipinski definition) is 1. The topological polar surface area (TPSA) is 38.3 Å². The van der Waals surface area contributed by atoms with Gasteiger partial charge in [0.25, 0.3) is 0 Å². The van der Waals surface area contributed by atoms with Gasteiger partial charge in [-0.05, 0) is 48.5 Å². The smallest absolute Gasteiger partial charge is 0.225 e. The fraction of sp³-hybridized carbons (Fsp3) is 0.188. The molecular weight excluding hydrogens is 306 g/mol. The molecule has 0 aliphatic carbocycles. The van der Waals surface area contributed by atoms with E-state index in [4.69, 9.17) is 16.3 Å². The van der Waals surface area contributed by atoms with Crippen LogP contribution < -0.4 is 10.1 Å². The Labute approximate surface area is 133 Å². The molecular formula is C16H16ClNO2S. The van der Waals surface area contributed by atoms with Gasteiger partial charge in [-0.25, -0.2) is 0 Å². The van der Waals surface area contributed by atoms with Gasteiger partial charge >= 0.3 is 0 Å². The predicted octanol–water partition coefficient (Wildman–Crippen LogP) is 4.47. The van der Waals surface area contributed by atoms with Crippen molar-refractivity contribution < 1.29 is 9.53 Å².